The van der Waals surface area contributed by atoms with Gasteiger partial charge in [0.05, 0.1) is 33.1 Å². The summed E-state index contributed by atoms with van der Waals surface area (Å²) in [4.78, 5) is 0. The second kappa shape index (κ2) is 20.4. The summed E-state index contributed by atoms with van der Waals surface area (Å²) in [6.07, 6.45) is 13.3. The van der Waals surface area contributed by atoms with Crippen LogP contribution >= 0.6 is 0 Å². The molecule has 0 unspecified atom stereocenters. The van der Waals surface area contributed by atoms with Gasteiger partial charge in [-0.1, -0.05) is 167 Å². The van der Waals surface area contributed by atoms with E-state index in [9.17, 15) is 0 Å². The van der Waals surface area contributed by atoms with Crippen molar-refractivity contribution in [3.05, 3.63) is 277 Å². The summed E-state index contributed by atoms with van der Waals surface area (Å²) in [5.74, 6) is 0. The number of nitrogens with zero attached hydrogens (tertiary/aromatic N) is 3. The third-order valence-corrected chi connectivity index (χ3v) is 18.7. The molecule has 0 radical (unpaired) electrons. The third-order valence-electron chi connectivity index (χ3n) is 18.7. The van der Waals surface area contributed by atoms with E-state index < -0.39 is 0 Å². The molecule has 408 valence electrons. The normalized spacial score (nSPS) is 12.8. The molecule has 0 bridgehead atoms. The molecule has 0 saturated carbocycles. The minimum Gasteiger partial charge on any atom is -0.309 e. The second-order valence-corrected chi connectivity index (χ2v) is 23.4. The van der Waals surface area contributed by atoms with Crippen LogP contribution in [0.5, 0.6) is 0 Å². The fraction of sp³-hybridized carbons (Fsp3) is 0.122. The van der Waals surface area contributed by atoms with Crippen LogP contribution < -0.4 is 0 Å². The molecular formula is C82H65N3. The summed E-state index contributed by atoms with van der Waals surface area (Å²) in [7, 11) is 0. The number of rotatable bonds is 11. The lowest BCUT2D eigenvalue weighted by atomic mass is 9.85. The zero-order chi connectivity index (χ0) is 56.9. The molecule has 0 aliphatic heterocycles. The number of aryl methyl sites for hydroxylation is 4. The van der Waals surface area contributed by atoms with Crippen molar-refractivity contribution < 1.29 is 0 Å². The van der Waals surface area contributed by atoms with Crippen molar-refractivity contribution in [2.45, 2.75) is 66.2 Å². The molecule has 0 saturated heterocycles. The molecule has 85 heavy (non-hydrogen) atoms. The van der Waals surface area contributed by atoms with Crippen LogP contribution in [0.15, 0.2) is 249 Å². The number of allylic oxidation sites excluding steroid dienone is 4. The van der Waals surface area contributed by atoms with Crippen LogP contribution in [0, 0.1) is 0 Å². The van der Waals surface area contributed by atoms with Crippen molar-refractivity contribution in [2.24, 2.45) is 0 Å². The van der Waals surface area contributed by atoms with Crippen LogP contribution in [0.4, 0.5) is 0 Å². The predicted molar refractivity (Wildman–Crippen MR) is 365 cm³/mol. The topological polar surface area (TPSA) is 14.8 Å². The lowest BCUT2D eigenvalue weighted by Crippen LogP contribution is -1.96. The van der Waals surface area contributed by atoms with Gasteiger partial charge in [0, 0.05) is 49.4 Å². The fourth-order valence-corrected chi connectivity index (χ4v) is 14.3. The van der Waals surface area contributed by atoms with Gasteiger partial charge in [0.15, 0.2) is 0 Å². The predicted octanol–water partition coefficient (Wildman–Crippen LogP) is 22.3. The summed E-state index contributed by atoms with van der Waals surface area (Å²) >= 11 is 0. The van der Waals surface area contributed by atoms with Gasteiger partial charge in [-0.3, -0.25) is 0 Å². The Morgan fingerprint density at radius 1 is 0.271 bits per heavy atom. The highest BCUT2D eigenvalue weighted by Gasteiger charge is 2.21. The van der Waals surface area contributed by atoms with E-state index in [0.717, 1.165) is 44.2 Å². The first kappa shape index (κ1) is 50.7. The van der Waals surface area contributed by atoms with E-state index in [1.165, 1.54) is 165 Å². The lowest BCUT2D eigenvalue weighted by Gasteiger charge is -2.19. The van der Waals surface area contributed by atoms with E-state index in [0.29, 0.717) is 0 Å². The minimum absolute atomic E-state index is 1.01. The zero-order valence-electron chi connectivity index (χ0n) is 48.8. The van der Waals surface area contributed by atoms with Crippen LogP contribution in [0.2, 0.25) is 0 Å². The van der Waals surface area contributed by atoms with Gasteiger partial charge in [0.2, 0.25) is 0 Å². The summed E-state index contributed by atoms with van der Waals surface area (Å²) in [5.41, 5.74) is 26.1. The van der Waals surface area contributed by atoms with Crippen LogP contribution in [-0.2, 0) is 25.7 Å². The van der Waals surface area contributed by atoms with Crippen molar-refractivity contribution in [2.75, 3.05) is 0 Å². The van der Waals surface area contributed by atoms with E-state index in [-0.39, 0.29) is 0 Å². The van der Waals surface area contributed by atoms with Gasteiger partial charge in [0.25, 0.3) is 0 Å². The largest absolute Gasteiger partial charge is 0.309 e. The molecule has 0 atom stereocenters. The van der Waals surface area contributed by atoms with Gasteiger partial charge in [-0.05, 0) is 236 Å². The highest BCUT2D eigenvalue weighted by atomic mass is 15.0. The van der Waals surface area contributed by atoms with Gasteiger partial charge in [-0.25, -0.2) is 0 Å². The first-order chi connectivity index (χ1) is 41.9. The van der Waals surface area contributed by atoms with Gasteiger partial charge >= 0.3 is 0 Å². The maximum absolute atomic E-state index is 2.47. The molecule has 16 rings (SSSR count). The molecule has 0 spiro atoms. The van der Waals surface area contributed by atoms with Crippen molar-refractivity contribution in [3.63, 3.8) is 0 Å². The SMILES string of the molecule is CCc1ccc2c(c1)c1cc(CC)ccc1n2-c1ccc(-c2ccc3c(c2)c2cc(-c4ccc(-n5c6ccc(CC)cc6c6cc(CC)ccc65)cc4)ccc2n3-c2ccc(-c3c4ccccc4c(C4=CCCC=C4)c4ccccc34)cc2)cc1. The Bertz CT molecular complexity index is 4840. The van der Waals surface area contributed by atoms with Crippen molar-refractivity contribution >= 4 is 92.5 Å². The highest BCUT2D eigenvalue weighted by molar-refractivity contribution is 6.20. The number of hydrogen-bond acceptors (Lipinski definition) is 0. The molecule has 0 amide bonds. The number of benzene rings is 12. The summed E-state index contributed by atoms with van der Waals surface area (Å²) < 4.78 is 7.37. The van der Waals surface area contributed by atoms with E-state index in [1.54, 1.807) is 0 Å². The van der Waals surface area contributed by atoms with Gasteiger partial charge in [0.1, 0.15) is 0 Å². The van der Waals surface area contributed by atoms with Crippen LogP contribution in [-0.4, -0.2) is 13.7 Å². The Balaban J connectivity index is 0.828. The van der Waals surface area contributed by atoms with Crippen LogP contribution in [0.3, 0.4) is 0 Å². The van der Waals surface area contributed by atoms with Crippen molar-refractivity contribution in [1.29, 1.82) is 0 Å². The summed E-state index contributed by atoms with van der Waals surface area (Å²) in [5, 5.41) is 12.9. The number of fused-ring (bicyclic) bond motifs is 11. The molecule has 12 aromatic carbocycles. The molecule has 1 aliphatic carbocycles. The van der Waals surface area contributed by atoms with Gasteiger partial charge in [-0.15, -0.1) is 0 Å². The van der Waals surface area contributed by atoms with Crippen molar-refractivity contribution in [3.8, 4) is 50.4 Å². The molecule has 3 heterocycles. The van der Waals surface area contributed by atoms with E-state index >= 15 is 0 Å². The lowest BCUT2D eigenvalue weighted by molar-refractivity contribution is 1.04. The Hall–Kier alpha value is -9.96. The monoisotopic (exact) mass is 1090 g/mol. The fourth-order valence-electron chi connectivity index (χ4n) is 14.3. The summed E-state index contributed by atoms with van der Waals surface area (Å²) in [6, 6.07) is 88.0. The number of hydrogen-bond donors (Lipinski definition) is 0. The molecule has 3 nitrogen and oxygen atoms in total. The summed E-state index contributed by atoms with van der Waals surface area (Å²) in [6.45, 7) is 8.98. The maximum Gasteiger partial charge on any atom is 0.0541 e. The average molecular weight is 1090 g/mol. The third kappa shape index (κ3) is 8.23. The standard InChI is InChI=1S/C82H65N3/c1-5-52-22-40-75-69(46-52)70-47-53(6-2)23-41-76(70)83(75)62-34-26-56(27-35-62)60-32-44-79-73(50-60)74-51-61(57-28-36-63(37-29-57)84-77-42-24-54(7-3)48-71(77)72-49-55(8-4)25-43-78(72)84)33-45-80(74)85(79)64-38-30-59(31-39-64)82-67-20-14-12-18-65(67)81(58-16-10-9-11-17-58)66-19-13-15-21-68(66)82/h10,12-51H,5-9,11H2,1-4H3. The molecule has 15 aromatic rings. The molecule has 3 aromatic heterocycles. The quantitative estimate of drug-likeness (QED) is 0.115. The average Bonchev–Trinajstić information content (AvgIpc) is 2.08. The van der Waals surface area contributed by atoms with Gasteiger partial charge in [-0.2, -0.15) is 0 Å². The second-order valence-electron chi connectivity index (χ2n) is 23.4. The molecule has 1 aliphatic rings. The molecular weight excluding hydrogens is 1030 g/mol. The van der Waals surface area contributed by atoms with Gasteiger partial charge < -0.3 is 13.7 Å². The van der Waals surface area contributed by atoms with E-state index in [1.807, 2.05) is 0 Å². The number of aromatic nitrogens is 3. The minimum atomic E-state index is 1.01. The Kier molecular flexibility index (Phi) is 12.2. The Morgan fingerprint density at radius 2 is 0.576 bits per heavy atom. The van der Waals surface area contributed by atoms with Crippen LogP contribution in [0.25, 0.3) is 143 Å². The van der Waals surface area contributed by atoms with E-state index in [2.05, 4.69) is 290 Å². The highest BCUT2D eigenvalue weighted by Crippen LogP contribution is 2.45. The molecule has 0 N–H and O–H groups in total. The van der Waals surface area contributed by atoms with Crippen LogP contribution in [0.1, 0.15) is 68.4 Å². The Labute approximate surface area is 496 Å². The first-order valence-electron chi connectivity index (χ1n) is 30.8. The van der Waals surface area contributed by atoms with E-state index in [4.69, 9.17) is 0 Å². The first-order valence-corrected chi connectivity index (χ1v) is 30.8. The maximum atomic E-state index is 2.47. The Morgan fingerprint density at radius 3 is 0.906 bits per heavy atom. The smallest absolute Gasteiger partial charge is 0.0541 e. The molecule has 0 fully saturated rings. The zero-order valence-corrected chi connectivity index (χ0v) is 48.8. The molecule has 3 heteroatoms. The van der Waals surface area contributed by atoms with Crippen molar-refractivity contribution in [1.82, 2.24) is 13.7 Å².